The number of hydrogen-bond acceptors (Lipinski definition) is 5. The summed E-state index contributed by atoms with van der Waals surface area (Å²) in [6.07, 6.45) is 0.609. The van der Waals surface area contributed by atoms with Gasteiger partial charge in [-0.25, -0.2) is 10.9 Å². The number of fused-ring (bicyclic) bond motifs is 1. The number of hydrogen-bond donors (Lipinski definition) is 3. The van der Waals surface area contributed by atoms with E-state index in [-0.39, 0.29) is 6.29 Å². The van der Waals surface area contributed by atoms with Crippen molar-refractivity contribution in [1.29, 1.82) is 0 Å². The molecule has 3 N–H and O–H groups in total. The van der Waals surface area contributed by atoms with Crippen LogP contribution in [0.1, 0.15) is 20.8 Å². The molecule has 0 spiro atoms. The molecule has 0 aliphatic carbocycles. The van der Waals surface area contributed by atoms with Crippen molar-refractivity contribution < 1.29 is 0 Å². The van der Waals surface area contributed by atoms with Crippen molar-refractivity contribution in [3.8, 4) is 0 Å². The van der Waals surface area contributed by atoms with Gasteiger partial charge in [0.1, 0.15) is 6.29 Å². The minimum atomic E-state index is 0.279. The van der Waals surface area contributed by atoms with Gasteiger partial charge in [-0.1, -0.05) is 22.6 Å². The van der Waals surface area contributed by atoms with Crippen LogP contribution in [0.25, 0.3) is 0 Å². The fourth-order valence-electron chi connectivity index (χ4n) is 2.23. The van der Waals surface area contributed by atoms with Gasteiger partial charge in [-0.05, 0) is 20.8 Å². The molecule has 0 bridgehead atoms. The van der Waals surface area contributed by atoms with Crippen LogP contribution in [-0.4, -0.2) is 45.5 Å². The molecule has 0 saturated carbocycles. The van der Waals surface area contributed by atoms with Crippen molar-refractivity contribution >= 4 is 22.6 Å². The quantitative estimate of drug-likeness (QED) is 0.495. The maximum Gasteiger partial charge on any atom is 0.146 e. The molecule has 0 aromatic rings. The third kappa shape index (κ3) is 2.29. The second-order valence-corrected chi connectivity index (χ2v) is 5.43. The number of alkyl halides is 1. The summed E-state index contributed by atoms with van der Waals surface area (Å²) in [5.41, 5.74) is 6.82. The highest BCUT2D eigenvalue weighted by Crippen LogP contribution is 2.18. The van der Waals surface area contributed by atoms with Crippen LogP contribution in [0.15, 0.2) is 0 Å². The van der Waals surface area contributed by atoms with E-state index in [2.05, 4.69) is 69.5 Å². The van der Waals surface area contributed by atoms with Gasteiger partial charge in [0, 0.05) is 23.1 Å². The predicted octanol–water partition coefficient (Wildman–Crippen LogP) is 0.0580. The Morgan fingerprint density at radius 1 is 1.20 bits per heavy atom. The molecule has 2 aliphatic heterocycles. The molecule has 4 atom stereocenters. The summed E-state index contributed by atoms with van der Waals surface area (Å²) in [6, 6.07) is 1.03. The Morgan fingerprint density at radius 2 is 1.93 bits per heavy atom. The Balaban J connectivity index is 2.10. The molecule has 2 aliphatic rings. The summed E-state index contributed by atoms with van der Waals surface area (Å²) < 4.78 is 1.16. The number of nitrogens with zero attached hydrogens (tertiary/aromatic N) is 2. The van der Waals surface area contributed by atoms with E-state index in [1.807, 2.05) is 0 Å². The van der Waals surface area contributed by atoms with Gasteiger partial charge in [0.15, 0.2) is 0 Å². The van der Waals surface area contributed by atoms with Crippen LogP contribution in [0.5, 0.6) is 0 Å². The molecule has 2 saturated heterocycles. The first-order valence-corrected chi connectivity index (χ1v) is 7.05. The molecule has 2 heterocycles. The summed E-state index contributed by atoms with van der Waals surface area (Å²) in [7, 11) is 0. The van der Waals surface area contributed by atoms with Crippen LogP contribution >= 0.6 is 22.6 Å². The summed E-state index contributed by atoms with van der Waals surface area (Å²) in [6.45, 7) is 7.77. The van der Waals surface area contributed by atoms with E-state index in [1.54, 1.807) is 0 Å². The van der Waals surface area contributed by atoms with Crippen LogP contribution in [0.3, 0.4) is 0 Å². The third-order valence-electron chi connectivity index (χ3n) is 3.22. The normalized spacial score (nSPS) is 43.2. The number of rotatable bonds is 2. The smallest absolute Gasteiger partial charge is 0.146 e. The van der Waals surface area contributed by atoms with Gasteiger partial charge in [0.05, 0.1) is 6.17 Å². The van der Waals surface area contributed by atoms with Gasteiger partial charge in [-0.3, -0.25) is 10.2 Å². The van der Waals surface area contributed by atoms with E-state index in [4.69, 9.17) is 0 Å². The highest BCUT2D eigenvalue weighted by Gasteiger charge is 2.41. The Kier molecular flexibility index (Phi) is 3.84. The van der Waals surface area contributed by atoms with Gasteiger partial charge < -0.3 is 0 Å². The molecule has 0 amide bonds. The zero-order valence-electron chi connectivity index (χ0n) is 9.50. The lowest BCUT2D eigenvalue weighted by Gasteiger charge is -2.46. The number of halogens is 1. The fourth-order valence-corrected chi connectivity index (χ4v) is 2.78. The van der Waals surface area contributed by atoms with E-state index < -0.39 is 0 Å². The Morgan fingerprint density at radius 3 is 2.60 bits per heavy atom. The van der Waals surface area contributed by atoms with Gasteiger partial charge in [0.2, 0.25) is 0 Å². The molecule has 0 aromatic carbocycles. The van der Waals surface area contributed by atoms with Crippen molar-refractivity contribution in [3.05, 3.63) is 0 Å². The maximum atomic E-state index is 3.52. The van der Waals surface area contributed by atoms with Gasteiger partial charge in [0.25, 0.3) is 0 Å². The van der Waals surface area contributed by atoms with E-state index in [1.165, 1.54) is 0 Å². The highest BCUT2D eigenvalue weighted by molar-refractivity contribution is 14.1. The molecule has 0 radical (unpaired) electrons. The van der Waals surface area contributed by atoms with Crippen molar-refractivity contribution in [3.63, 3.8) is 0 Å². The molecule has 2 fully saturated rings. The van der Waals surface area contributed by atoms with Crippen LogP contribution in [0.2, 0.25) is 0 Å². The summed E-state index contributed by atoms with van der Waals surface area (Å²) in [5, 5.41) is 5.62. The molecule has 4 unspecified atom stereocenters. The van der Waals surface area contributed by atoms with E-state index in [9.17, 15) is 0 Å². The summed E-state index contributed by atoms with van der Waals surface area (Å²) in [5.74, 6) is 0. The zero-order chi connectivity index (χ0) is 11.0. The molecule has 0 aromatic heterocycles. The SMILES string of the molecule is CC1NC2N(N1)NC(C)C(C)N2CCI. The van der Waals surface area contributed by atoms with E-state index in [0.29, 0.717) is 18.2 Å². The fraction of sp³-hybridized carbons (Fsp3) is 1.00. The Bertz CT molecular complexity index is 227. The molecule has 15 heavy (non-hydrogen) atoms. The van der Waals surface area contributed by atoms with Crippen molar-refractivity contribution in [2.45, 2.75) is 45.3 Å². The molecular formula is C9H20IN5. The second kappa shape index (κ2) is 4.80. The average Bonchev–Trinajstić information content (AvgIpc) is 2.53. The molecule has 6 heteroatoms. The van der Waals surface area contributed by atoms with Gasteiger partial charge >= 0.3 is 0 Å². The zero-order valence-corrected chi connectivity index (χ0v) is 11.7. The Hall–Kier alpha value is 0.530. The average molecular weight is 325 g/mol. The molecular weight excluding hydrogens is 305 g/mol. The highest BCUT2D eigenvalue weighted by atomic mass is 127. The topological polar surface area (TPSA) is 42.6 Å². The van der Waals surface area contributed by atoms with Gasteiger partial charge in [-0.2, -0.15) is 0 Å². The number of hydrazine groups is 2. The van der Waals surface area contributed by atoms with Crippen LogP contribution in [0.4, 0.5) is 0 Å². The number of nitrogens with one attached hydrogen (secondary N) is 3. The largest absolute Gasteiger partial charge is 0.271 e. The van der Waals surface area contributed by atoms with Gasteiger partial charge in [-0.15, -0.1) is 5.12 Å². The lowest BCUT2D eigenvalue weighted by molar-refractivity contribution is -0.0862. The minimum absolute atomic E-state index is 0.279. The summed E-state index contributed by atoms with van der Waals surface area (Å²) >= 11 is 2.44. The van der Waals surface area contributed by atoms with E-state index in [0.717, 1.165) is 11.0 Å². The first-order chi connectivity index (χ1) is 7.13. The summed E-state index contributed by atoms with van der Waals surface area (Å²) in [4.78, 5) is 2.50. The second-order valence-electron chi connectivity index (χ2n) is 4.35. The molecule has 88 valence electrons. The lowest BCUT2D eigenvalue weighted by atomic mass is 10.1. The Labute approximate surface area is 105 Å². The van der Waals surface area contributed by atoms with E-state index >= 15 is 0 Å². The maximum absolute atomic E-state index is 3.52. The lowest BCUT2D eigenvalue weighted by Crippen LogP contribution is -2.70. The molecule has 5 nitrogen and oxygen atoms in total. The van der Waals surface area contributed by atoms with Crippen molar-refractivity contribution in [2.24, 2.45) is 0 Å². The monoisotopic (exact) mass is 325 g/mol. The molecule has 2 rings (SSSR count). The van der Waals surface area contributed by atoms with Crippen LogP contribution in [0, 0.1) is 0 Å². The van der Waals surface area contributed by atoms with Crippen molar-refractivity contribution in [2.75, 3.05) is 11.0 Å². The van der Waals surface area contributed by atoms with Crippen molar-refractivity contribution in [1.82, 2.24) is 26.2 Å². The van der Waals surface area contributed by atoms with Crippen LogP contribution < -0.4 is 16.2 Å². The minimum Gasteiger partial charge on any atom is -0.271 e. The first-order valence-electron chi connectivity index (χ1n) is 5.53. The standard InChI is InChI=1S/C9H20IN5/c1-6-7(2)14(5-4-10)9-11-8(3)13-15(9)12-6/h6-9,11-13H,4-5H2,1-3H3. The predicted molar refractivity (Wildman–Crippen MR) is 69.0 cm³/mol. The third-order valence-corrected chi connectivity index (χ3v) is 3.71. The van der Waals surface area contributed by atoms with Crippen LogP contribution in [-0.2, 0) is 0 Å². The first kappa shape index (κ1) is 12.0.